The van der Waals surface area contributed by atoms with E-state index in [-0.39, 0.29) is 12.5 Å². The van der Waals surface area contributed by atoms with E-state index < -0.39 is 5.60 Å². The number of ether oxygens (including phenoxy) is 1. The second-order valence-corrected chi connectivity index (χ2v) is 6.19. The number of hydrogen-bond acceptors (Lipinski definition) is 4. The summed E-state index contributed by atoms with van der Waals surface area (Å²) in [7, 11) is 4.03. The topological polar surface area (TPSA) is 53.0 Å². The van der Waals surface area contributed by atoms with Crippen molar-refractivity contribution in [2.24, 2.45) is 0 Å². The number of fused-ring (bicyclic) bond motifs is 1. The van der Waals surface area contributed by atoms with E-state index in [1.807, 2.05) is 32.3 Å². The Bertz CT molecular complexity index is 526. The molecule has 5 nitrogen and oxygen atoms in total. The van der Waals surface area contributed by atoms with E-state index >= 15 is 0 Å². The van der Waals surface area contributed by atoms with Crippen molar-refractivity contribution in [2.75, 3.05) is 32.1 Å². The van der Waals surface area contributed by atoms with E-state index in [1.54, 1.807) is 18.7 Å². The molecule has 1 heterocycles. The summed E-state index contributed by atoms with van der Waals surface area (Å²) >= 11 is 0. The highest BCUT2D eigenvalue weighted by Crippen LogP contribution is 2.38. The molecule has 0 bridgehead atoms. The third-order valence-electron chi connectivity index (χ3n) is 3.61. The van der Waals surface area contributed by atoms with Gasteiger partial charge in [-0.3, -0.25) is 4.79 Å². The minimum atomic E-state index is -0.855. The molecule has 1 aliphatic rings. The molecular weight excluding hydrogens is 268 g/mol. The fourth-order valence-electron chi connectivity index (χ4n) is 2.48. The quantitative estimate of drug-likeness (QED) is 0.896. The first kappa shape index (κ1) is 15.8. The highest BCUT2D eigenvalue weighted by molar-refractivity contribution is 6.02. The van der Waals surface area contributed by atoms with Crippen LogP contribution >= 0.6 is 0 Å². The van der Waals surface area contributed by atoms with Crippen LogP contribution in [0.4, 0.5) is 5.69 Å². The Hall–Kier alpha value is -1.59. The number of carbonyl (C=O) groups is 1. The molecule has 1 aromatic carbocycles. The molecule has 0 aromatic heterocycles. The van der Waals surface area contributed by atoms with Gasteiger partial charge in [0.05, 0.1) is 12.3 Å². The molecule has 0 saturated carbocycles. The van der Waals surface area contributed by atoms with Crippen LogP contribution < -0.4 is 9.64 Å². The van der Waals surface area contributed by atoms with Gasteiger partial charge in [0.2, 0.25) is 0 Å². The lowest BCUT2D eigenvalue weighted by Crippen LogP contribution is -2.53. The monoisotopic (exact) mass is 292 g/mol. The number of anilines is 1. The summed E-state index contributed by atoms with van der Waals surface area (Å²) in [5, 5.41) is 9.29. The van der Waals surface area contributed by atoms with Crippen LogP contribution in [0.1, 0.15) is 25.8 Å². The lowest BCUT2D eigenvalue weighted by Gasteiger charge is -2.39. The van der Waals surface area contributed by atoms with Crippen molar-refractivity contribution in [3.05, 3.63) is 23.8 Å². The number of nitrogens with zero attached hydrogens (tertiary/aromatic N) is 2. The van der Waals surface area contributed by atoms with Crippen molar-refractivity contribution in [3.63, 3.8) is 0 Å². The average Bonchev–Trinajstić information content (AvgIpc) is 2.42. The van der Waals surface area contributed by atoms with Crippen LogP contribution in [0, 0.1) is 0 Å². The van der Waals surface area contributed by atoms with Crippen molar-refractivity contribution >= 4 is 11.6 Å². The summed E-state index contributed by atoms with van der Waals surface area (Å²) in [6, 6.07) is 5.48. The first-order chi connectivity index (χ1) is 9.85. The standard InChI is InChI=1S/C16H24N2O3/c1-16(2)15(20)18(9-5-8-17(3)4)13-10-12(11-19)6-7-14(13)21-16/h6-7,10,19H,5,8-9,11H2,1-4H3. The second kappa shape index (κ2) is 6.03. The molecule has 0 aliphatic carbocycles. The van der Waals surface area contributed by atoms with Gasteiger partial charge in [-0.15, -0.1) is 0 Å². The molecular formula is C16H24N2O3. The Morgan fingerprint density at radius 2 is 2.05 bits per heavy atom. The van der Waals surface area contributed by atoms with Gasteiger partial charge in [-0.25, -0.2) is 0 Å². The first-order valence-electron chi connectivity index (χ1n) is 7.24. The van der Waals surface area contributed by atoms with Gasteiger partial charge in [0.25, 0.3) is 5.91 Å². The van der Waals surface area contributed by atoms with E-state index in [1.165, 1.54) is 0 Å². The summed E-state index contributed by atoms with van der Waals surface area (Å²) < 4.78 is 5.81. The highest BCUT2D eigenvalue weighted by Gasteiger charge is 2.40. The van der Waals surface area contributed by atoms with Gasteiger partial charge in [0, 0.05) is 6.54 Å². The Kier molecular flexibility index (Phi) is 4.54. The van der Waals surface area contributed by atoms with Gasteiger partial charge in [-0.1, -0.05) is 6.07 Å². The van der Waals surface area contributed by atoms with Gasteiger partial charge < -0.3 is 19.6 Å². The number of amides is 1. The van der Waals surface area contributed by atoms with Crippen molar-refractivity contribution in [1.82, 2.24) is 4.90 Å². The van der Waals surface area contributed by atoms with Crippen LogP contribution in [-0.2, 0) is 11.4 Å². The molecule has 116 valence electrons. The molecule has 2 rings (SSSR count). The van der Waals surface area contributed by atoms with Crippen molar-refractivity contribution in [2.45, 2.75) is 32.5 Å². The van der Waals surface area contributed by atoms with Gasteiger partial charge in [-0.2, -0.15) is 0 Å². The SMILES string of the molecule is CN(C)CCCN1C(=O)C(C)(C)Oc2ccc(CO)cc21. The van der Waals surface area contributed by atoms with Crippen molar-refractivity contribution in [3.8, 4) is 5.75 Å². The van der Waals surface area contributed by atoms with Crippen LogP contribution in [0.2, 0.25) is 0 Å². The Balaban J connectivity index is 2.30. The van der Waals surface area contributed by atoms with Crippen LogP contribution in [0.3, 0.4) is 0 Å². The predicted molar refractivity (Wildman–Crippen MR) is 82.6 cm³/mol. The molecule has 1 aliphatic heterocycles. The Labute approximate surface area is 126 Å². The predicted octanol–water partition coefficient (Wildman–Crippen LogP) is 1.63. The summed E-state index contributed by atoms with van der Waals surface area (Å²) in [4.78, 5) is 16.5. The Morgan fingerprint density at radius 3 is 2.67 bits per heavy atom. The number of rotatable bonds is 5. The highest BCUT2D eigenvalue weighted by atomic mass is 16.5. The molecule has 21 heavy (non-hydrogen) atoms. The molecule has 1 aromatic rings. The summed E-state index contributed by atoms with van der Waals surface area (Å²) in [5.41, 5.74) is 0.679. The number of aliphatic hydroxyl groups excluding tert-OH is 1. The molecule has 0 saturated heterocycles. The van der Waals surface area contributed by atoms with Gasteiger partial charge in [0.1, 0.15) is 5.75 Å². The molecule has 1 N–H and O–H groups in total. The summed E-state index contributed by atoms with van der Waals surface area (Å²) in [6.45, 7) is 5.09. The molecule has 0 radical (unpaired) electrons. The van der Waals surface area contributed by atoms with E-state index in [2.05, 4.69) is 4.90 Å². The largest absolute Gasteiger partial charge is 0.476 e. The third kappa shape index (κ3) is 3.36. The maximum Gasteiger partial charge on any atom is 0.270 e. The number of aliphatic hydroxyl groups is 1. The smallest absolute Gasteiger partial charge is 0.270 e. The number of hydrogen-bond donors (Lipinski definition) is 1. The molecule has 0 atom stereocenters. The number of carbonyl (C=O) groups excluding carboxylic acids is 1. The van der Waals surface area contributed by atoms with Crippen LogP contribution in [0.15, 0.2) is 18.2 Å². The maximum atomic E-state index is 12.6. The fourth-order valence-corrected chi connectivity index (χ4v) is 2.48. The average molecular weight is 292 g/mol. The zero-order valence-corrected chi connectivity index (χ0v) is 13.2. The minimum absolute atomic E-state index is 0.0381. The van der Waals surface area contributed by atoms with Gasteiger partial charge >= 0.3 is 0 Å². The first-order valence-corrected chi connectivity index (χ1v) is 7.24. The van der Waals surface area contributed by atoms with Crippen LogP contribution in [0.25, 0.3) is 0 Å². The minimum Gasteiger partial charge on any atom is -0.476 e. The zero-order chi connectivity index (χ0) is 15.6. The normalized spacial score (nSPS) is 16.9. The fraction of sp³-hybridized carbons (Fsp3) is 0.562. The van der Waals surface area contributed by atoms with Crippen molar-refractivity contribution < 1.29 is 14.6 Å². The van der Waals surface area contributed by atoms with Crippen LogP contribution in [-0.4, -0.2) is 48.7 Å². The third-order valence-corrected chi connectivity index (χ3v) is 3.61. The summed E-state index contributed by atoms with van der Waals surface area (Å²) in [6.07, 6.45) is 0.887. The molecule has 0 fully saturated rings. The van der Waals surface area contributed by atoms with E-state index in [0.717, 1.165) is 24.2 Å². The van der Waals surface area contributed by atoms with E-state index in [0.29, 0.717) is 12.3 Å². The van der Waals surface area contributed by atoms with E-state index in [9.17, 15) is 9.90 Å². The maximum absolute atomic E-state index is 12.6. The van der Waals surface area contributed by atoms with Crippen LogP contribution in [0.5, 0.6) is 5.75 Å². The molecule has 5 heteroatoms. The summed E-state index contributed by atoms with van der Waals surface area (Å²) in [5.74, 6) is 0.658. The Morgan fingerprint density at radius 1 is 1.33 bits per heavy atom. The molecule has 0 spiro atoms. The van der Waals surface area contributed by atoms with Gasteiger partial charge in [-0.05, 0) is 58.6 Å². The second-order valence-electron chi connectivity index (χ2n) is 6.19. The molecule has 0 unspecified atom stereocenters. The van der Waals surface area contributed by atoms with Gasteiger partial charge in [0.15, 0.2) is 5.60 Å². The number of benzene rings is 1. The van der Waals surface area contributed by atoms with Crippen molar-refractivity contribution in [1.29, 1.82) is 0 Å². The lowest BCUT2D eigenvalue weighted by molar-refractivity contribution is -0.132. The lowest BCUT2D eigenvalue weighted by atomic mass is 10.0. The zero-order valence-electron chi connectivity index (χ0n) is 13.2. The van der Waals surface area contributed by atoms with E-state index in [4.69, 9.17) is 4.74 Å². The molecule has 1 amide bonds.